The molecule has 0 radical (unpaired) electrons. The molecule has 9 heteroatoms. The summed E-state index contributed by atoms with van der Waals surface area (Å²) in [6.07, 6.45) is 3.46. The number of hydrogen-bond donors (Lipinski definition) is 1. The van der Waals surface area contributed by atoms with Gasteiger partial charge in [-0.1, -0.05) is 35.6 Å². The molecule has 0 saturated carbocycles. The molecule has 31 heavy (non-hydrogen) atoms. The maximum Gasteiger partial charge on any atom is 0.249 e. The predicted octanol–water partition coefficient (Wildman–Crippen LogP) is 3.64. The number of aryl methyl sites for hydroxylation is 2. The molecule has 0 spiro atoms. The van der Waals surface area contributed by atoms with E-state index >= 15 is 0 Å². The standard InChI is InChI=1S/C22H22N6O2S/c1-13-6-3-4-7-15(13)11-24-20(29)17-8-5-9-28(17)22-25-19-18(31-22)10-16(12-23-19)21-27-26-14(2)30-21/h3-4,6-7,10,12,17H,5,8-9,11H2,1-2H3,(H,24,29)/t17-/m1/s1. The van der Waals surface area contributed by atoms with Crippen LogP contribution < -0.4 is 10.2 Å². The van der Waals surface area contributed by atoms with E-state index in [1.165, 1.54) is 16.9 Å². The molecule has 0 bridgehead atoms. The van der Waals surface area contributed by atoms with E-state index in [9.17, 15) is 4.79 Å². The second kappa shape index (κ2) is 8.07. The van der Waals surface area contributed by atoms with Crippen LogP contribution in [0.4, 0.5) is 5.13 Å². The van der Waals surface area contributed by atoms with Gasteiger partial charge in [-0.25, -0.2) is 4.98 Å². The Kier molecular flexibility index (Phi) is 5.11. The van der Waals surface area contributed by atoms with Crippen molar-refractivity contribution in [3.63, 3.8) is 0 Å². The Hall–Kier alpha value is -3.33. The topological polar surface area (TPSA) is 97.0 Å². The number of thiazole rings is 1. The van der Waals surface area contributed by atoms with Crippen molar-refractivity contribution in [2.24, 2.45) is 0 Å². The number of benzene rings is 1. The molecule has 0 unspecified atom stereocenters. The van der Waals surface area contributed by atoms with Gasteiger partial charge in [-0.05, 0) is 37.0 Å². The molecule has 8 nitrogen and oxygen atoms in total. The van der Waals surface area contributed by atoms with Gasteiger partial charge < -0.3 is 14.6 Å². The number of anilines is 1. The zero-order valence-corrected chi connectivity index (χ0v) is 18.1. The van der Waals surface area contributed by atoms with Gasteiger partial charge in [0.2, 0.25) is 17.7 Å². The van der Waals surface area contributed by atoms with E-state index in [0.717, 1.165) is 40.3 Å². The molecule has 1 fully saturated rings. The molecule has 158 valence electrons. The van der Waals surface area contributed by atoms with Crippen molar-refractivity contribution in [2.75, 3.05) is 11.4 Å². The lowest BCUT2D eigenvalue weighted by molar-refractivity contribution is -0.122. The van der Waals surface area contributed by atoms with Crippen molar-refractivity contribution in [3.8, 4) is 11.5 Å². The summed E-state index contributed by atoms with van der Waals surface area (Å²) in [6.45, 7) is 5.15. The van der Waals surface area contributed by atoms with Crippen LogP contribution in [0.3, 0.4) is 0 Å². The molecule has 1 N–H and O–H groups in total. The molecule has 1 atom stereocenters. The molecular weight excluding hydrogens is 412 g/mol. The van der Waals surface area contributed by atoms with Crippen molar-refractivity contribution >= 4 is 32.7 Å². The smallest absolute Gasteiger partial charge is 0.249 e. The number of fused-ring (bicyclic) bond motifs is 1. The third-order valence-electron chi connectivity index (χ3n) is 5.52. The molecule has 1 aromatic carbocycles. The summed E-state index contributed by atoms with van der Waals surface area (Å²) in [5, 5.41) is 11.9. The SMILES string of the molecule is Cc1nnc(-c2cnc3nc(N4CCC[C@@H]4C(=O)NCc4ccccc4C)sc3c2)o1. The number of amides is 1. The summed E-state index contributed by atoms with van der Waals surface area (Å²) < 4.78 is 6.43. The quantitative estimate of drug-likeness (QED) is 0.512. The second-order valence-corrected chi connectivity index (χ2v) is 8.67. The lowest BCUT2D eigenvalue weighted by Gasteiger charge is -2.23. The molecule has 3 aromatic heterocycles. The van der Waals surface area contributed by atoms with Gasteiger partial charge in [0.25, 0.3) is 0 Å². The van der Waals surface area contributed by atoms with Crippen molar-refractivity contribution < 1.29 is 9.21 Å². The maximum absolute atomic E-state index is 13.0. The lowest BCUT2D eigenvalue weighted by atomic mass is 10.1. The van der Waals surface area contributed by atoms with Crippen LogP contribution in [0, 0.1) is 13.8 Å². The first kappa shape index (κ1) is 19.6. The molecule has 1 aliphatic rings. The van der Waals surface area contributed by atoms with Gasteiger partial charge in [0.15, 0.2) is 10.8 Å². The fourth-order valence-corrected chi connectivity index (χ4v) is 4.88. The van der Waals surface area contributed by atoms with E-state index in [-0.39, 0.29) is 11.9 Å². The Balaban J connectivity index is 1.34. The third kappa shape index (κ3) is 3.88. The van der Waals surface area contributed by atoms with Crippen LogP contribution in [-0.4, -0.2) is 38.7 Å². The monoisotopic (exact) mass is 434 g/mol. The van der Waals surface area contributed by atoms with E-state index in [0.29, 0.717) is 24.0 Å². The van der Waals surface area contributed by atoms with E-state index < -0.39 is 0 Å². The summed E-state index contributed by atoms with van der Waals surface area (Å²) >= 11 is 1.53. The Labute approximate surface area is 183 Å². The Bertz CT molecular complexity index is 1250. The minimum atomic E-state index is -0.220. The van der Waals surface area contributed by atoms with E-state index in [1.807, 2.05) is 24.3 Å². The molecular formula is C22H22N6O2S. The first-order valence-corrected chi connectivity index (χ1v) is 11.1. The van der Waals surface area contributed by atoms with Gasteiger partial charge in [-0.15, -0.1) is 10.2 Å². The number of pyridine rings is 1. The number of carbonyl (C=O) groups is 1. The predicted molar refractivity (Wildman–Crippen MR) is 119 cm³/mol. The minimum Gasteiger partial charge on any atom is -0.421 e. The van der Waals surface area contributed by atoms with Gasteiger partial charge in [0, 0.05) is 26.2 Å². The van der Waals surface area contributed by atoms with E-state index in [4.69, 9.17) is 4.42 Å². The number of nitrogens with zero attached hydrogens (tertiary/aromatic N) is 5. The zero-order valence-electron chi connectivity index (χ0n) is 17.3. The van der Waals surface area contributed by atoms with Crippen LogP contribution in [-0.2, 0) is 11.3 Å². The van der Waals surface area contributed by atoms with Crippen molar-refractivity contribution in [3.05, 3.63) is 53.5 Å². The summed E-state index contributed by atoms with van der Waals surface area (Å²) in [4.78, 5) is 24.2. The van der Waals surface area contributed by atoms with E-state index in [1.54, 1.807) is 13.1 Å². The van der Waals surface area contributed by atoms with Crippen LogP contribution in [0.5, 0.6) is 0 Å². The molecule has 4 aromatic rings. The highest BCUT2D eigenvalue weighted by molar-refractivity contribution is 7.22. The van der Waals surface area contributed by atoms with E-state index in [2.05, 4.69) is 43.4 Å². The van der Waals surface area contributed by atoms with Crippen LogP contribution in [0.2, 0.25) is 0 Å². The normalized spacial score (nSPS) is 16.2. The number of nitrogens with one attached hydrogen (secondary N) is 1. The highest BCUT2D eigenvalue weighted by atomic mass is 32.1. The molecule has 5 rings (SSSR count). The number of carbonyl (C=O) groups excluding carboxylic acids is 1. The first-order valence-electron chi connectivity index (χ1n) is 10.2. The molecule has 1 aliphatic heterocycles. The third-order valence-corrected chi connectivity index (χ3v) is 6.55. The van der Waals surface area contributed by atoms with Crippen LogP contribution >= 0.6 is 11.3 Å². The molecule has 1 saturated heterocycles. The minimum absolute atomic E-state index is 0.0370. The van der Waals surface area contributed by atoms with Gasteiger partial charge in [0.1, 0.15) is 6.04 Å². The van der Waals surface area contributed by atoms with Crippen LogP contribution in [0.15, 0.2) is 40.9 Å². The zero-order chi connectivity index (χ0) is 21.4. The van der Waals surface area contributed by atoms with Crippen molar-refractivity contribution in [1.29, 1.82) is 0 Å². The van der Waals surface area contributed by atoms with Crippen LogP contribution in [0.1, 0.15) is 29.9 Å². The Morgan fingerprint density at radius 1 is 1.29 bits per heavy atom. The lowest BCUT2D eigenvalue weighted by Crippen LogP contribution is -2.43. The first-order chi connectivity index (χ1) is 15.1. The second-order valence-electron chi connectivity index (χ2n) is 7.66. The summed E-state index contributed by atoms with van der Waals surface area (Å²) in [5.41, 5.74) is 3.73. The highest BCUT2D eigenvalue weighted by Crippen LogP contribution is 2.34. The van der Waals surface area contributed by atoms with Crippen molar-refractivity contribution in [2.45, 2.75) is 39.3 Å². The Morgan fingerprint density at radius 3 is 2.97 bits per heavy atom. The fourth-order valence-electron chi connectivity index (χ4n) is 3.84. The summed E-state index contributed by atoms with van der Waals surface area (Å²) in [6, 6.07) is 9.84. The highest BCUT2D eigenvalue weighted by Gasteiger charge is 2.32. The molecule has 0 aliphatic carbocycles. The van der Waals surface area contributed by atoms with Gasteiger partial charge in [0.05, 0.1) is 10.3 Å². The Morgan fingerprint density at radius 2 is 2.16 bits per heavy atom. The number of aromatic nitrogens is 4. The number of rotatable bonds is 5. The van der Waals surface area contributed by atoms with Gasteiger partial charge in [-0.3, -0.25) is 4.79 Å². The summed E-state index contributed by atoms with van der Waals surface area (Å²) in [5.74, 6) is 0.989. The average Bonchev–Trinajstić information content (AvgIpc) is 3.51. The maximum atomic E-state index is 13.0. The summed E-state index contributed by atoms with van der Waals surface area (Å²) in [7, 11) is 0. The van der Waals surface area contributed by atoms with Gasteiger partial charge >= 0.3 is 0 Å². The molecule has 4 heterocycles. The fraction of sp³-hybridized carbons (Fsp3) is 0.318. The van der Waals surface area contributed by atoms with Crippen LogP contribution in [0.25, 0.3) is 21.8 Å². The average molecular weight is 435 g/mol. The van der Waals surface area contributed by atoms with Gasteiger partial charge in [-0.2, -0.15) is 4.98 Å². The largest absolute Gasteiger partial charge is 0.421 e. The molecule has 1 amide bonds. The van der Waals surface area contributed by atoms with Crippen molar-refractivity contribution in [1.82, 2.24) is 25.5 Å². The number of hydrogen-bond acceptors (Lipinski definition) is 8.